The monoisotopic (exact) mass is 204 g/mol. The van der Waals surface area contributed by atoms with E-state index in [0.29, 0.717) is 0 Å². The summed E-state index contributed by atoms with van der Waals surface area (Å²) in [6.45, 7) is 0. The van der Waals surface area contributed by atoms with Gasteiger partial charge in [-0.05, 0) is 6.07 Å². The molecule has 0 amide bonds. The van der Waals surface area contributed by atoms with Crippen LogP contribution in [0.15, 0.2) is 12.1 Å². The van der Waals surface area contributed by atoms with Gasteiger partial charge in [-0.2, -0.15) is 0 Å². The topological polar surface area (TPSA) is 128 Å². The van der Waals surface area contributed by atoms with Crippen LogP contribution in [0.5, 0.6) is 11.5 Å². The van der Waals surface area contributed by atoms with Crippen LogP contribution >= 0.6 is 0 Å². The zero-order chi connectivity index (χ0) is 10.9. The van der Waals surface area contributed by atoms with Gasteiger partial charge in [0.2, 0.25) is 0 Å². The number of aromatic hydroxyl groups is 2. The second kappa shape index (κ2) is 3.55. The Morgan fingerprint density at radius 2 is 1.43 bits per heavy atom. The lowest BCUT2D eigenvalue weighted by molar-refractivity contribution is 0.0249. The van der Waals surface area contributed by atoms with Crippen LogP contribution in [-0.4, -0.2) is 31.0 Å². The number of phenols is 2. The molecule has 0 aliphatic heterocycles. The molecule has 8 nitrogen and oxygen atoms in total. The lowest BCUT2D eigenvalue weighted by Gasteiger charge is -2.14. The lowest BCUT2D eigenvalue weighted by Crippen LogP contribution is -2.14. The molecule has 14 heavy (non-hydrogen) atoms. The van der Waals surface area contributed by atoms with Gasteiger partial charge in [0, 0.05) is 6.07 Å². The molecule has 1 aromatic carbocycles. The van der Waals surface area contributed by atoms with Crippen molar-refractivity contribution < 1.29 is 31.0 Å². The number of nitrogens with zero attached hydrogens (tertiary/aromatic N) is 2. The number of anilines is 2. The average molecular weight is 204 g/mol. The van der Waals surface area contributed by atoms with E-state index in [1.807, 2.05) is 0 Å². The van der Waals surface area contributed by atoms with E-state index in [1.54, 1.807) is 0 Å². The minimum absolute atomic E-state index is 0.355. The molecule has 0 aliphatic rings. The molecule has 0 saturated heterocycles. The van der Waals surface area contributed by atoms with Crippen LogP contribution in [0.4, 0.5) is 11.4 Å². The van der Waals surface area contributed by atoms with Crippen molar-refractivity contribution in [2.24, 2.45) is 0 Å². The molecule has 0 aliphatic carbocycles. The van der Waals surface area contributed by atoms with Gasteiger partial charge < -0.3 is 10.2 Å². The van der Waals surface area contributed by atoms with E-state index in [1.165, 1.54) is 0 Å². The van der Waals surface area contributed by atoms with Gasteiger partial charge in [0.1, 0.15) is 11.4 Å². The number of hydrogen-bond donors (Lipinski definition) is 6. The summed E-state index contributed by atoms with van der Waals surface area (Å²) in [6.07, 6.45) is 0. The van der Waals surface area contributed by atoms with Gasteiger partial charge in [0.25, 0.3) is 0 Å². The largest absolute Gasteiger partial charge is 0.504 e. The summed E-state index contributed by atoms with van der Waals surface area (Å²) in [5.41, 5.74) is -0.962. The zero-order valence-electron chi connectivity index (χ0n) is 6.73. The van der Waals surface area contributed by atoms with Crippen LogP contribution in [0.25, 0.3) is 0 Å². The molecule has 0 saturated carbocycles. The summed E-state index contributed by atoms with van der Waals surface area (Å²) in [5, 5.41) is 51.5. The van der Waals surface area contributed by atoms with Crippen molar-refractivity contribution in [3.8, 4) is 11.5 Å². The minimum Gasteiger partial charge on any atom is -0.504 e. The normalized spacial score (nSPS) is 10.0. The summed E-state index contributed by atoms with van der Waals surface area (Å²) in [7, 11) is 0. The second-order valence-corrected chi connectivity index (χ2v) is 2.41. The Labute approximate surface area is 77.5 Å². The van der Waals surface area contributed by atoms with E-state index < -0.39 is 22.4 Å². The Balaban J connectivity index is 3.28. The molecule has 78 valence electrons. The fraction of sp³-hybridized carbons (Fsp3) is 0. The van der Waals surface area contributed by atoms with Gasteiger partial charge >= 0.3 is 0 Å². The van der Waals surface area contributed by atoms with Gasteiger partial charge in [0.15, 0.2) is 11.5 Å². The maximum atomic E-state index is 9.08. The van der Waals surface area contributed by atoms with Gasteiger partial charge in [-0.3, -0.25) is 20.8 Å². The first kappa shape index (κ1) is 10.3. The van der Waals surface area contributed by atoms with E-state index in [9.17, 15) is 0 Å². The van der Waals surface area contributed by atoms with Crippen molar-refractivity contribution in [1.82, 2.24) is 0 Å². The van der Waals surface area contributed by atoms with Crippen LogP contribution in [0.2, 0.25) is 0 Å². The highest BCUT2D eigenvalue weighted by Gasteiger charge is 2.15. The molecular formula is C6H8N2O6. The van der Waals surface area contributed by atoms with Crippen molar-refractivity contribution in [3.05, 3.63) is 12.1 Å². The van der Waals surface area contributed by atoms with Crippen molar-refractivity contribution in [2.45, 2.75) is 0 Å². The first-order valence-electron chi connectivity index (χ1n) is 3.35. The van der Waals surface area contributed by atoms with Crippen LogP contribution in [-0.2, 0) is 0 Å². The summed E-state index contributed by atoms with van der Waals surface area (Å²) in [5.74, 6) is -1.54. The van der Waals surface area contributed by atoms with Crippen molar-refractivity contribution in [2.75, 3.05) is 10.5 Å². The molecule has 8 heteroatoms. The van der Waals surface area contributed by atoms with E-state index in [4.69, 9.17) is 31.0 Å². The predicted molar refractivity (Wildman–Crippen MR) is 41.9 cm³/mol. The average Bonchev–Trinajstić information content (AvgIpc) is 2.08. The van der Waals surface area contributed by atoms with Crippen LogP contribution in [0.3, 0.4) is 0 Å². The maximum Gasteiger partial charge on any atom is 0.186 e. The molecule has 0 radical (unpaired) electrons. The summed E-state index contributed by atoms with van der Waals surface area (Å²) in [4.78, 5) is 0. The van der Waals surface area contributed by atoms with E-state index in [0.717, 1.165) is 12.1 Å². The highest BCUT2D eigenvalue weighted by Crippen LogP contribution is 2.38. The molecule has 0 aromatic heterocycles. The van der Waals surface area contributed by atoms with E-state index in [-0.39, 0.29) is 10.9 Å². The number of phenolic OH excluding ortho intramolecular Hbond substituents is 2. The van der Waals surface area contributed by atoms with Crippen LogP contribution < -0.4 is 10.5 Å². The molecule has 0 atom stereocenters. The quantitative estimate of drug-likeness (QED) is 0.299. The summed E-state index contributed by atoms with van der Waals surface area (Å²) in [6, 6.07) is 1.62. The highest BCUT2D eigenvalue weighted by atomic mass is 16.8. The number of rotatable bonds is 2. The Hall–Kier alpha value is -1.74. The number of benzene rings is 1. The van der Waals surface area contributed by atoms with E-state index in [2.05, 4.69) is 0 Å². The predicted octanol–water partition coefficient (Wildman–Crippen LogP) is 0.267. The SMILES string of the molecule is Oc1cc(N(O)O)cc(N(O)O)c1O. The molecule has 0 heterocycles. The Morgan fingerprint density at radius 3 is 1.86 bits per heavy atom. The van der Waals surface area contributed by atoms with Gasteiger partial charge in [-0.1, -0.05) is 0 Å². The van der Waals surface area contributed by atoms with E-state index >= 15 is 0 Å². The Bertz CT molecular complexity index is 339. The summed E-state index contributed by atoms with van der Waals surface area (Å²) >= 11 is 0. The molecule has 0 bridgehead atoms. The standard InChI is InChI=1S/C6H8N2O6/c9-5-2-3(7(11)12)1-4(6(5)10)8(13)14/h1-2,9-14H. The van der Waals surface area contributed by atoms with Gasteiger partial charge in [0.05, 0.1) is 0 Å². The zero-order valence-corrected chi connectivity index (χ0v) is 6.73. The smallest absolute Gasteiger partial charge is 0.186 e. The lowest BCUT2D eigenvalue weighted by atomic mass is 10.2. The van der Waals surface area contributed by atoms with Crippen molar-refractivity contribution in [3.63, 3.8) is 0 Å². The molecule has 0 spiro atoms. The van der Waals surface area contributed by atoms with Crippen molar-refractivity contribution >= 4 is 11.4 Å². The second-order valence-electron chi connectivity index (χ2n) is 2.41. The van der Waals surface area contributed by atoms with Gasteiger partial charge in [-0.25, -0.2) is 0 Å². The Kier molecular flexibility index (Phi) is 2.63. The molecule has 0 fully saturated rings. The third-order valence-corrected chi connectivity index (χ3v) is 1.50. The third-order valence-electron chi connectivity index (χ3n) is 1.50. The fourth-order valence-corrected chi connectivity index (χ4v) is 0.858. The minimum atomic E-state index is -0.805. The molecular weight excluding hydrogens is 196 g/mol. The molecule has 1 aromatic rings. The van der Waals surface area contributed by atoms with Crippen LogP contribution in [0, 0.1) is 0 Å². The summed E-state index contributed by atoms with van der Waals surface area (Å²) < 4.78 is 0. The maximum absolute atomic E-state index is 9.08. The Morgan fingerprint density at radius 1 is 0.857 bits per heavy atom. The third kappa shape index (κ3) is 1.78. The highest BCUT2D eigenvalue weighted by molar-refractivity contribution is 5.68. The van der Waals surface area contributed by atoms with Crippen molar-refractivity contribution in [1.29, 1.82) is 0 Å². The van der Waals surface area contributed by atoms with Crippen LogP contribution in [0.1, 0.15) is 0 Å². The molecule has 6 N–H and O–H groups in total. The van der Waals surface area contributed by atoms with Gasteiger partial charge in [-0.15, -0.1) is 10.5 Å². The first-order chi connectivity index (χ1) is 6.43. The number of hydrogen-bond acceptors (Lipinski definition) is 8. The fourth-order valence-electron chi connectivity index (χ4n) is 0.858. The molecule has 1 rings (SSSR count). The first-order valence-corrected chi connectivity index (χ1v) is 3.35. The molecule has 0 unspecified atom stereocenters.